The Bertz CT molecular complexity index is 783. The lowest BCUT2D eigenvalue weighted by Gasteiger charge is -2.13. The van der Waals surface area contributed by atoms with Crippen molar-refractivity contribution in [3.63, 3.8) is 0 Å². The van der Waals surface area contributed by atoms with Crippen molar-refractivity contribution < 1.29 is 13.2 Å². The molecule has 0 saturated heterocycles. The molecule has 0 bridgehead atoms. The Balaban J connectivity index is 1.90. The lowest BCUT2D eigenvalue weighted by molar-refractivity contribution is -0.121. The quantitative estimate of drug-likeness (QED) is 0.799. The van der Waals surface area contributed by atoms with Gasteiger partial charge >= 0.3 is 0 Å². The number of rotatable bonds is 6. The second-order valence-electron chi connectivity index (χ2n) is 5.25. The third-order valence-corrected chi connectivity index (χ3v) is 4.51. The van der Waals surface area contributed by atoms with Crippen LogP contribution >= 0.6 is 0 Å². The molecule has 8 nitrogen and oxygen atoms in total. The zero-order chi connectivity index (χ0) is 17.0. The fourth-order valence-corrected chi connectivity index (χ4v) is 2.18. The fourth-order valence-electron chi connectivity index (χ4n) is 1.83. The molecule has 2 heterocycles. The molecule has 0 spiro atoms. The second kappa shape index (κ2) is 6.88. The van der Waals surface area contributed by atoms with Crippen LogP contribution < -0.4 is 5.32 Å². The molecule has 0 radical (unpaired) electrons. The zero-order valence-corrected chi connectivity index (χ0v) is 14.0. The molecule has 2 rings (SSSR count). The monoisotopic (exact) mass is 337 g/mol. The van der Waals surface area contributed by atoms with Crippen LogP contribution in [0.25, 0.3) is 11.3 Å². The van der Waals surface area contributed by atoms with E-state index >= 15 is 0 Å². The third-order valence-electron chi connectivity index (χ3n) is 3.25. The van der Waals surface area contributed by atoms with Crippen molar-refractivity contribution in [3.05, 3.63) is 36.3 Å². The van der Waals surface area contributed by atoms with E-state index in [-0.39, 0.29) is 19.0 Å². The first-order valence-electron chi connectivity index (χ1n) is 6.87. The van der Waals surface area contributed by atoms with Crippen molar-refractivity contribution in [2.45, 2.75) is 6.54 Å². The summed E-state index contributed by atoms with van der Waals surface area (Å²) >= 11 is 0. The van der Waals surface area contributed by atoms with Crippen LogP contribution in [0, 0.1) is 0 Å². The van der Waals surface area contributed by atoms with E-state index in [4.69, 9.17) is 0 Å². The molecule has 9 heteroatoms. The van der Waals surface area contributed by atoms with E-state index in [9.17, 15) is 13.2 Å². The van der Waals surface area contributed by atoms with Gasteiger partial charge in [0.1, 0.15) is 0 Å². The highest BCUT2D eigenvalue weighted by Crippen LogP contribution is 2.15. The van der Waals surface area contributed by atoms with Crippen LogP contribution in [0.15, 0.2) is 30.7 Å². The fraction of sp³-hybridized carbons (Fsp3) is 0.357. The Morgan fingerprint density at radius 2 is 2.09 bits per heavy atom. The Morgan fingerprint density at radius 3 is 2.61 bits per heavy atom. The average molecular weight is 337 g/mol. The molecule has 1 amide bonds. The number of hydrogen-bond acceptors (Lipinski definition) is 5. The summed E-state index contributed by atoms with van der Waals surface area (Å²) in [6.07, 6.45) is 6.32. The van der Waals surface area contributed by atoms with Gasteiger partial charge in [0.2, 0.25) is 15.9 Å². The number of nitrogens with zero attached hydrogens (tertiary/aromatic N) is 4. The van der Waals surface area contributed by atoms with Crippen molar-refractivity contribution in [3.8, 4) is 11.3 Å². The van der Waals surface area contributed by atoms with Crippen molar-refractivity contribution in [1.29, 1.82) is 0 Å². The number of likely N-dealkylation sites (N-methyl/N-ethyl adjacent to an activating group) is 1. The smallest absolute Gasteiger partial charge is 0.235 e. The third kappa shape index (κ3) is 4.86. The van der Waals surface area contributed by atoms with Crippen molar-refractivity contribution in [2.75, 3.05) is 19.8 Å². The second-order valence-corrected chi connectivity index (χ2v) is 7.34. The first-order chi connectivity index (χ1) is 10.8. The normalized spacial score (nSPS) is 11.7. The summed E-state index contributed by atoms with van der Waals surface area (Å²) < 4.78 is 25.2. The van der Waals surface area contributed by atoms with Gasteiger partial charge in [0.05, 0.1) is 24.7 Å². The molecule has 0 atom stereocenters. The van der Waals surface area contributed by atoms with E-state index in [0.717, 1.165) is 27.4 Å². The molecule has 23 heavy (non-hydrogen) atoms. The summed E-state index contributed by atoms with van der Waals surface area (Å²) in [4.78, 5) is 16.0. The molecule has 0 aliphatic rings. The molecule has 2 aromatic rings. The molecule has 0 unspecified atom stereocenters. The van der Waals surface area contributed by atoms with Gasteiger partial charge in [-0.3, -0.25) is 14.5 Å². The predicted octanol–water partition coefficient (Wildman–Crippen LogP) is -0.0103. The molecule has 1 N–H and O–H groups in total. The molecule has 0 aliphatic heterocycles. The minimum absolute atomic E-state index is 0.208. The summed E-state index contributed by atoms with van der Waals surface area (Å²) in [5.41, 5.74) is 2.54. The number of hydrogen-bond donors (Lipinski definition) is 1. The van der Waals surface area contributed by atoms with Crippen LogP contribution in [0.3, 0.4) is 0 Å². The highest BCUT2D eigenvalue weighted by molar-refractivity contribution is 7.88. The van der Waals surface area contributed by atoms with Gasteiger partial charge in [-0.15, -0.1) is 0 Å². The molecule has 124 valence electrons. The van der Waals surface area contributed by atoms with Gasteiger partial charge in [-0.2, -0.15) is 9.40 Å². The van der Waals surface area contributed by atoms with E-state index in [0.29, 0.717) is 0 Å². The van der Waals surface area contributed by atoms with E-state index in [2.05, 4.69) is 15.4 Å². The van der Waals surface area contributed by atoms with E-state index in [1.807, 2.05) is 25.4 Å². The highest BCUT2D eigenvalue weighted by Gasteiger charge is 2.14. The molecular weight excluding hydrogens is 318 g/mol. The van der Waals surface area contributed by atoms with E-state index in [1.54, 1.807) is 17.1 Å². The molecule has 0 aromatic carbocycles. The maximum atomic E-state index is 11.7. The summed E-state index contributed by atoms with van der Waals surface area (Å²) in [7, 11) is -0.168. The topological polar surface area (TPSA) is 97.2 Å². The molecule has 0 fully saturated rings. The van der Waals surface area contributed by atoms with Gasteiger partial charge in [0.25, 0.3) is 0 Å². The Morgan fingerprint density at radius 1 is 1.35 bits per heavy atom. The molecular formula is C14H19N5O3S. The number of nitrogens with one attached hydrogen (secondary N) is 1. The number of aromatic nitrogens is 3. The minimum atomic E-state index is -3.36. The molecule has 2 aromatic heterocycles. The maximum Gasteiger partial charge on any atom is 0.235 e. The number of sulfonamides is 1. The van der Waals surface area contributed by atoms with E-state index in [1.165, 1.54) is 7.05 Å². The van der Waals surface area contributed by atoms with Crippen molar-refractivity contribution in [1.82, 2.24) is 24.4 Å². The number of carbonyl (C=O) groups excluding carboxylic acids is 1. The lowest BCUT2D eigenvalue weighted by atomic mass is 10.2. The van der Waals surface area contributed by atoms with E-state index < -0.39 is 10.0 Å². The van der Waals surface area contributed by atoms with Crippen LogP contribution in [-0.4, -0.2) is 53.2 Å². The minimum Gasteiger partial charge on any atom is -0.351 e. The van der Waals surface area contributed by atoms with Gasteiger partial charge in [0.15, 0.2) is 0 Å². The van der Waals surface area contributed by atoms with Gasteiger partial charge in [0, 0.05) is 38.6 Å². The lowest BCUT2D eigenvalue weighted by Crippen LogP contribution is -2.37. The summed E-state index contributed by atoms with van der Waals surface area (Å²) in [6, 6.07) is 3.71. The van der Waals surface area contributed by atoms with Gasteiger partial charge in [-0.1, -0.05) is 6.07 Å². The van der Waals surface area contributed by atoms with Crippen LogP contribution in [0.5, 0.6) is 0 Å². The zero-order valence-electron chi connectivity index (χ0n) is 13.2. The summed E-state index contributed by atoms with van der Waals surface area (Å²) in [6.45, 7) is 0.0801. The summed E-state index contributed by atoms with van der Waals surface area (Å²) in [5.74, 6) is -0.366. The van der Waals surface area contributed by atoms with Crippen LogP contribution in [0.4, 0.5) is 0 Å². The summed E-state index contributed by atoms with van der Waals surface area (Å²) in [5, 5.41) is 6.75. The number of amides is 1. The predicted molar refractivity (Wildman–Crippen MR) is 85.8 cm³/mol. The molecule has 0 saturated carbocycles. The van der Waals surface area contributed by atoms with Crippen molar-refractivity contribution >= 4 is 15.9 Å². The first-order valence-corrected chi connectivity index (χ1v) is 8.72. The van der Waals surface area contributed by atoms with Crippen molar-refractivity contribution in [2.24, 2.45) is 7.05 Å². The number of carbonyl (C=O) groups is 1. The van der Waals surface area contributed by atoms with Gasteiger partial charge < -0.3 is 5.32 Å². The standard InChI is InChI=1S/C14H19N5O3S/c1-18-9-12(8-17-18)13-5-4-11(6-15-13)7-16-14(20)10-19(2)23(3,21)22/h4-6,8-9H,7,10H2,1-3H3,(H,16,20). The van der Waals surface area contributed by atoms with Crippen LogP contribution in [-0.2, 0) is 28.4 Å². The van der Waals surface area contributed by atoms with Gasteiger partial charge in [-0.25, -0.2) is 8.42 Å². The number of pyridine rings is 1. The Kier molecular flexibility index (Phi) is 5.12. The Hall–Kier alpha value is -2.26. The molecule has 0 aliphatic carbocycles. The largest absolute Gasteiger partial charge is 0.351 e. The number of aryl methyl sites for hydroxylation is 1. The maximum absolute atomic E-state index is 11.7. The van der Waals surface area contributed by atoms with Crippen LogP contribution in [0.1, 0.15) is 5.56 Å². The highest BCUT2D eigenvalue weighted by atomic mass is 32.2. The van der Waals surface area contributed by atoms with Crippen LogP contribution in [0.2, 0.25) is 0 Å². The first kappa shape index (κ1) is 17.1. The average Bonchev–Trinajstić information content (AvgIpc) is 2.91. The SMILES string of the molecule is CN(CC(=O)NCc1ccc(-c2cnn(C)c2)nc1)S(C)(=O)=O. The Labute approximate surface area is 135 Å². The van der Waals surface area contributed by atoms with Gasteiger partial charge in [-0.05, 0) is 11.6 Å².